The molecule has 0 aromatic carbocycles. The van der Waals surface area contributed by atoms with Gasteiger partial charge in [0.2, 0.25) is 0 Å². The third-order valence-electron chi connectivity index (χ3n) is 1.78. The van der Waals surface area contributed by atoms with Crippen LogP contribution in [0.1, 0.15) is 26.0 Å². The fourth-order valence-electron chi connectivity index (χ4n) is 0.916. The Morgan fingerprint density at radius 1 is 1.36 bits per heavy atom. The summed E-state index contributed by atoms with van der Waals surface area (Å²) >= 11 is 7.53. The summed E-state index contributed by atoms with van der Waals surface area (Å²) in [6.45, 7) is 4.48. The number of aromatic nitrogens is 2. The molecule has 0 amide bonds. The van der Waals surface area contributed by atoms with Crippen LogP contribution in [-0.2, 0) is 5.75 Å². The lowest BCUT2D eigenvalue weighted by atomic mass is 10.2. The molecule has 0 radical (unpaired) electrons. The van der Waals surface area contributed by atoms with E-state index in [1.165, 1.54) is 12.2 Å². The van der Waals surface area contributed by atoms with Crippen LogP contribution in [0, 0.1) is 5.92 Å². The van der Waals surface area contributed by atoms with E-state index in [1.807, 2.05) is 17.8 Å². The lowest BCUT2D eigenvalue weighted by Gasteiger charge is -2.03. The van der Waals surface area contributed by atoms with Gasteiger partial charge in [-0.15, -0.1) is 5.10 Å². The first-order valence-corrected chi connectivity index (χ1v) is 6.27. The highest BCUT2D eigenvalue weighted by Gasteiger charge is 1.98. The number of hydrogen-bond donors (Lipinski definition) is 0. The zero-order valence-corrected chi connectivity index (χ0v) is 10.1. The molecule has 1 aromatic heterocycles. The summed E-state index contributed by atoms with van der Waals surface area (Å²) in [6.07, 6.45) is 1.26. The first kappa shape index (κ1) is 11.8. The van der Waals surface area contributed by atoms with Gasteiger partial charge in [-0.1, -0.05) is 25.4 Å². The molecule has 0 bridgehead atoms. The zero-order chi connectivity index (χ0) is 10.4. The van der Waals surface area contributed by atoms with Crippen molar-refractivity contribution in [3.63, 3.8) is 0 Å². The normalized spacial score (nSPS) is 10.9. The van der Waals surface area contributed by atoms with E-state index in [0.717, 1.165) is 17.4 Å². The van der Waals surface area contributed by atoms with Crippen LogP contribution < -0.4 is 0 Å². The first-order valence-electron chi connectivity index (χ1n) is 4.74. The van der Waals surface area contributed by atoms with Crippen molar-refractivity contribution in [3.8, 4) is 0 Å². The molecular weight excluding hydrogens is 216 g/mol. The van der Waals surface area contributed by atoms with Crippen LogP contribution >= 0.6 is 23.4 Å². The minimum absolute atomic E-state index is 0.459. The quantitative estimate of drug-likeness (QED) is 0.725. The maximum absolute atomic E-state index is 5.63. The number of thioether (sulfide) groups is 1. The van der Waals surface area contributed by atoms with Crippen molar-refractivity contribution in [2.45, 2.75) is 26.0 Å². The maximum Gasteiger partial charge on any atom is 0.151 e. The second kappa shape index (κ2) is 6.25. The van der Waals surface area contributed by atoms with Gasteiger partial charge in [-0.3, -0.25) is 0 Å². The number of hydrogen-bond acceptors (Lipinski definition) is 3. The molecule has 0 atom stereocenters. The summed E-state index contributed by atoms with van der Waals surface area (Å²) in [4.78, 5) is 0. The standard InChI is InChI=1S/C10H15ClN2S/c1-8(2)5-6-14-7-9-3-4-10(11)13-12-9/h3-4,8H,5-7H2,1-2H3. The molecule has 0 aliphatic heterocycles. The van der Waals surface area contributed by atoms with Crippen molar-refractivity contribution in [2.75, 3.05) is 5.75 Å². The molecular formula is C10H15ClN2S. The van der Waals surface area contributed by atoms with Gasteiger partial charge in [0, 0.05) is 5.75 Å². The molecule has 1 rings (SSSR count). The molecule has 14 heavy (non-hydrogen) atoms. The van der Waals surface area contributed by atoms with E-state index >= 15 is 0 Å². The Hall–Kier alpha value is -0.280. The summed E-state index contributed by atoms with van der Waals surface area (Å²) in [5.41, 5.74) is 1.00. The van der Waals surface area contributed by atoms with Crippen molar-refractivity contribution in [1.82, 2.24) is 10.2 Å². The number of nitrogens with zero attached hydrogens (tertiary/aromatic N) is 2. The van der Waals surface area contributed by atoms with Gasteiger partial charge in [-0.25, -0.2) is 0 Å². The predicted molar refractivity (Wildman–Crippen MR) is 62.7 cm³/mol. The summed E-state index contributed by atoms with van der Waals surface area (Å²) < 4.78 is 0. The topological polar surface area (TPSA) is 25.8 Å². The lowest BCUT2D eigenvalue weighted by molar-refractivity contribution is 0.632. The van der Waals surface area contributed by atoms with Crippen LogP contribution in [0.2, 0.25) is 5.15 Å². The van der Waals surface area contributed by atoms with Crippen molar-refractivity contribution in [1.29, 1.82) is 0 Å². The first-order chi connectivity index (χ1) is 6.68. The van der Waals surface area contributed by atoms with Crippen LogP contribution in [0.15, 0.2) is 12.1 Å². The minimum Gasteiger partial charge on any atom is -0.155 e. The van der Waals surface area contributed by atoms with E-state index < -0.39 is 0 Å². The summed E-state index contributed by atoms with van der Waals surface area (Å²) in [5.74, 6) is 2.89. The Morgan fingerprint density at radius 3 is 2.71 bits per heavy atom. The van der Waals surface area contributed by atoms with E-state index in [1.54, 1.807) is 6.07 Å². The molecule has 0 N–H and O–H groups in total. The Morgan fingerprint density at radius 2 is 2.14 bits per heavy atom. The highest BCUT2D eigenvalue weighted by Crippen LogP contribution is 2.14. The fourth-order valence-corrected chi connectivity index (χ4v) is 2.16. The van der Waals surface area contributed by atoms with E-state index in [0.29, 0.717) is 5.15 Å². The van der Waals surface area contributed by atoms with Crippen LogP contribution in [0.3, 0.4) is 0 Å². The van der Waals surface area contributed by atoms with Gasteiger partial charge in [-0.2, -0.15) is 16.9 Å². The molecule has 4 heteroatoms. The SMILES string of the molecule is CC(C)CCSCc1ccc(Cl)nn1. The van der Waals surface area contributed by atoms with Gasteiger partial charge in [0.1, 0.15) is 0 Å². The summed E-state index contributed by atoms with van der Waals surface area (Å²) in [7, 11) is 0. The third-order valence-corrected chi connectivity index (χ3v) is 3.00. The smallest absolute Gasteiger partial charge is 0.151 e. The van der Waals surface area contributed by atoms with Crippen molar-refractivity contribution in [2.24, 2.45) is 5.92 Å². The average molecular weight is 231 g/mol. The van der Waals surface area contributed by atoms with Crippen molar-refractivity contribution in [3.05, 3.63) is 23.0 Å². The summed E-state index contributed by atoms with van der Waals surface area (Å²) in [6, 6.07) is 3.71. The molecule has 1 heterocycles. The third kappa shape index (κ3) is 4.82. The van der Waals surface area contributed by atoms with E-state index in [4.69, 9.17) is 11.6 Å². The average Bonchev–Trinajstić information content (AvgIpc) is 2.15. The molecule has 2 nitrogen and oxygen atoms in total. The molecule has 0 saturated heterocycles. The van der Waals surface area contributed by atoms with E-state index in [9.17, 15) is 0 Å². The predicted octanol–water partition coefficient (Wildman–Crippen LogP) is 3.41. The maximum atomic E-state index is 5.63. The van der Waals surface area contributed by atoms with Crippen molar-refractivity contribution >= 4 is 23.4 Å². The highest BCUT2D eigenvalue weighted by molar-refractivity contribution is 7.98. The minimum atomic E-state index is 0.459. The molecule has 1 aromatic rings. The largest absolute Gasteiger partial charge is 0.155 e. The van der Waals surface area contributed by atoms with Gasteiger partial charge < -0.3 is 0 Å². The second-order valence-corrected chi connectivity index (χ2v) is 5.07. The molecule has 0 spiro atoms. The van der Waals surface area contributed by atoms with Crippen LogP contribution in [-0.4, -0.2) is 16.0 Å². The zero-order valence-electron chi connectivity index (χ0n) is 8.53. The van der Waals surface area contributed by atoms with Gasteiger partial charge in [0.05, 0.1) is 5.69 Å². The van der Waals surface area contributed by atoms with Crippen LogP contribution in [0.4, 0.5) is 0 Å². The van der Waals surface area contributed by atoms with Gasteiger partial charge in [-0.05, 0) is 30.2 Å². The van der Waals surface area contributed by atoms with Crippen LogP contribution in [0.5, 0.6) is 0 Å². The second-order valence-electron chi connectivity index (χ2n) is 3.58. The molecule has 78 valence electrons. The number of rotatable bonds is 5. The van der Waals surface area contributed by atoms with Gasteiger partial charge in [0.15, 0.2) is 5.15 Å². The molecule has 0 fully saturated rings. The molecule has 0 unspecified atom stereocenters. The molecule has 0 saturated carbocycles. The van der Waals surface area contributed by atoms with E-state index in [-0.39, 0.29) is 0 Å². The Kier molecular flexibility index (Phi) is 5.26. The monoisotopic (exact) mass is 230 g/mol. The molecule has 0 aliphatic carbocycles. The van der Waals surface area contributed by atoms with Gasteiger partial charge >= 0.3 is 0 Å². The number of halogens is 1. The Labute approximate surface area is 94.5 Å². The van der Waals surface area contributed by atoms with Gasteiger partial charge in [0.25, 0.3) is 0 Å². The Balaban J connectivity index is 2.21. The fraction of sp³-hybridized carbons (Fsp3) is 0.600. The van der Waals surface area contributed by atoms with E-state index in [2.05, 4.69) is 24.0 Å². The Bertz CT molecular complexity index is 261. The molecule has 0 aliphatic rings. The van der Waals surface area contributed by atoms with Crippen LogP contribution in [0.25, 0.3) is 0 Å². The highest BCUT2D eigenvalue weighted by atomic mass is 35.5. The van der Waals surface area contributed by atoms with Crippen molar-refractivity contribution < 1.29 is 0 Å². The summed E-state index contributed by atoms with van der Waals surface area (Å²) in [5, 5.41) is 8.25. The lowest BCUT2D eigenvalue weighted by Crippen LogP contribution is -1.93.